The van der Waals surface area contributed by atoms with Gasteiger partial charge in [-0.15, -0.1) is 0 Å². The Morgan fingerprint density at radius 2 is 1.67 bits per heavy atom. The van der Waals surface area contributed by atoms with E-state index in [1.54, 1.807) is 0 Å². The van der Waals surface area contributed by atoms with Crippen LogP contribution in [-0.4, -0.2) is 4.57 Å². The average molecular weight is 251 g/mol. The van der Waals surface area contributed by atoms with Crippen LogP contribution in [0.15, 0.2) is 12.4 Å². The van der Waals surface area contributed by atoms with Crippen molar-refractivity contribution >= 4 is 0 Å². The third-order valence-electron chi connectivity index (χ3n) is 3.69. The molecule has 1 heterocycles. The van der Waals surface area contributed by atoms with Crippen LogP contribution in [0.4, 0.5) is 0 Å². The van der Waals surface area contributed by atoms with E-state index in [9.17, 15) is 0 Å². The average Bonchev–Trinajstić information content (AvgIpc) is 2.78. The number of hydrogen-bond acceptors (Lipinski definition) is 0. The molecule has 0 saturated heterocycles. The molecule has 0 saturated carbocycles. The Bertz CT molecular complexity index is 315. The zero-order valence-electron chi connectivity index (χ0n) is 12.6. The summed E-state index contributed by atoms with van der Waals surface area (Å²) in [4.78, 5) is 0. The molecule has 2 heteroatoms. The number of rotatable bonds is 10. The van der Waals surface area contributed by atoms with E-state index in [1.165, 1.54) is 63.7 Å². The fourth-order valence-corrected chi connectivity index (χ4v) is 2.50. The van der Waals surface area contributed by atoms with Gasteiger partial charge < -0.3 is 0 Å². The topological polar surface area (TPSA) is 8.81 Å². The summed E-state index contributed by atoms with van der Waals surface area (Å²) < 4.78 is 4.88. The lowest BCUT2D eigenvalue weighted by atomic mass is 10.1. The second-order valence-electron chi connectivity index (χ2n) is 5.21. The summed E-state index contributed by atoms with van der Waals surface area (Å²) in [5.41, 5.74) is 0. The van der Waals surface area contributed by atoms with Gasteiger partial charge in [0.05, 0.1) is 13.1 Å². The van der Waals surface area contributed by atoms with Gasteiger partial charge in [-0.3, -0.25) is 0 Å². The van der Waals surface area contributed by atoms with E-state index in [4.69, 9.17) is 0 Å². The van der Waals surface area contributed by atoms with Gasteiger partial charge in [-0.2, -0.15) is 0 Å². The van der Waals surface area contributed by atoms with Crippen LogP contribution in [0, 0.1) is 0 Å². The van der Waals surface area contributed by atoms with Crippen molar-refractivity contribution in [1.29, 1.82) is 0 Å². The minimum Gasteiger partial charge on any atom is -0.235 e. The van der Waals surface area contributed by atoms with Gasteiger partial charge in [0.2, 0.25) is 0 Å². The Kier molecular flexibility index (Phi) is 7.79. The third-order valence-corrected chi connectivity index (χ3v) is 3.69. The van der Waals surface area contributed by atoms with Gasteiger partial charge >= 0.3 is 0 Å². The van der Waals surface area contributed by atoms with E-state index < -0.39 is 0 Å². The summed E-state index contributed by atoms with van der Waals surface area (Å²) in [5.74, 6) is 1.52. The first kappa shape index (κ1) is 15.3. The highest BCUT2D eigenvalue weighted by Gasteiger charge is 2.14. The number of aryl methyl sites for hydroxylation is 2. The molecule has 104 valence electrons. The highest BCUT2D eigenvalue weighted by atomic mass is 15.1. The molecule has 1 aromatic heterocycles. The molecule has 0 spiro atoms. The minimum atomic E-state index is 1.10. The van der Waals surface area contributed by atoms with Crippen molar-refractivity contribution in [2.24, 2.45) is 0 Å². The summed E-state index contributed by atoms with van der Waals surface area (Å²) in [6, 6.07) is 0. The normalized spacial score (nSPS) is 11.1. The lowest BCUT2D eigenvalue weighted by molar-refractivity contribution is -0.704. The highest BCUT2D eigenvalue weighted by molar-refractivity contribution is 4.83. The number of aromatic nitrogens is 2. The first-order valence-corrected chi connectivity index (χ1v) is 7.90. The Morgan fingerprint density at radius 1 is 0.944 bits per heavy atom. The van der Waals surface area contributed by atoms with Crippen molar-refractivity contribution in [2.45, 2.75) is 85.2 Å². The summed E-state index contributed by atoms with van der Waals surface area (Å²) in [5, 5.41) is 0. The molecule has 1 aromatic rings. The molecule has 0 aliphatic rings. The van der Waals surface area contributed by atoms with Crippen molar-refractivity contribution in [1.82, 2.24) is 4.57 Å². The number of nitrogens with zero attached hydrogens (tertiary/aromatic N) is 2. The highest BCUT2D eigenvalue weighted by Crippen LogP contribution is 2.05. The van der Waals surface area contributed by atoms with Crippen molar-refractivity contribution in [3.8, 4) is 0 Å². The summed E-state index contributed by atoms with van der Waals surface area (Å²) in [6.07, 6.45) is 15.2. The SMILES string of the molecule is CCCCCCC[n+]1ccn(CC)c1CCCC. The van der Waals surface area contributed by atoms with Crippen LogP contribution in [-0.2, 0) is 19.5 Å². The van der Waals surface area contributed by atoms with Gasteiger partial charge in [0.25, 0.3) is 5.82 Å². The summed E-state index contributed by atoms with van der Waals surface area (Å²) in [7, 11) is 0. The fourth-order valence-electron chi connectivity index (χ4n) is 2.50. The van der Waals surface area contributed by atoms with Crippen LogP contribution < -0.4 is 4.57 Å². The predicted molar refractivity (Wildman–Crippen MR) is 77.7 cm³/mol. The Balaban J connectivity index is 2.45. The molecular weight excluding hydrogens is 220 g/mol. The molecule has 0 radical (unpaired) electrons. The number of hydrogen-bond donors (Lipinski definition) is 0. The Labute approximate surface area is 113 Å². The fraction of sp³-hybridized carbons (Fsp3) is 0.812. The van der Waals surface area contributed by atoms with E-state index in [2.05, 4.69) is 42.3 Å². The lowest BCUT2D eigenvalue weighted by Crippen LogP contribution is -2.37. The molecule has 0 atom stereocenters. The third kappa shape index (κ3) is 4.83. The summed E-state index contributed by atoms with van der Waals surface area (Å²) >= 11 is 0. The molecule has 18 heavy (non-hydrogen) atoms. The molecule has 0 amide bonds. The van der Waals surface area contributed by atoms with E-state index >= 15 is 0 Å². The van der Waals surface area contributed by atoms with E-state index in [1.807, 2.05) is 0 Å². The predicted octanol–water partition coefficient (Wildman–Crippen LogP) is 4.11. The van der Waals surface area contributed by atoms with Gasteiger partial charge in [-0.1, -0.05) is 39.5 Å². The Hall–Kier alpha value is -0.790. The molecule has 0 bridgehead atoms. The maximum absolute atomic E-state index is 2.48. The second-order valence-corrected chi connectivity index (χ2v) is 5.21. The van der Waals surface area contributed by atoms with Gasteiger partial charge in [-0.25, -0.2) is 9.13 Å². The number of imidazole rings is 1. The zero-order valence-corrected chi connectivity index (χ0v) is 12.6. The van der Waals surface area contributed by atoms with E-state index in [-0.39, 0.29) is 0 Å². The van der Waals surface area contributed by atoms with Gasteiger partial charge in [0.15, 0.2) is 0 Å². The molecule has 2 nitrogen and oxygen atoms in total. The van der Waals surface area contributed by atoms with Crippen molar-refractivity contribution in [2.75, 3.05) is 0 Å². The van der Waals surface area contributed by atoms with E-state index in [0.717, 1.165) is 6.54 Å². The second kappa shape index (κ2) is 9.18. The smallest absolute Gasteiger partial charge is 0.235 e. The molecule has 1 rings (SSSR count). The van der Waals surface area contributed by atoms with Crippen LogP contribution in [0.1, 0.15) is 71.5 Å². The molecule has 0 aromatic carbocycles. The first-order chi connectivity index (χ1) is 8.83. The van der Waals surface area contributed by atoms with Crippen molar-refractivity contribution < 1.29 is 4.57 Å². The first-order valence-electron chi connectivity index (χ1n) is 7.90. The lowest BCUT2D eigenvalue weighted by Gasteiger charge is -2.04. The van der Waals surface area contributed by atoms with Crippen LogP contribution in [0.2, 0.25) is 0 Å². The monoisotopic (exact) mass is 251 g/mol. The van der Waals surface area contributed by atoms with Crippen molar-refractivity contribution in [3.05, 3.63) is 18.2 Å². The van der Waals surface area contributed by atoms with Gasteiger partial charge in [0, 0.05) is 6.42 Å². The largest absolute Gasteiger partial charge is 0.256 e. The molecule has 0 N–H and O–H groups in total. The molecule has 0 aliphatic carbocycles. The zero-order chi connectivity index (χ0) is 13.2. The van der Waals surface area contributed by atoms with E-state index in [0.29, 0.717) is 0 Å². The van der Waals surface area contributed by atoms with Crippen LogP contribution in [0.5, 0.6) is 0 Å². The number of unbranched alkanes of at least 4 members (excludes halogenated alkanes) is 5. The van der Waals surface area contributed by atoms with Crippen LogP contribution in [0.3, 0.4) is 0 Å². The minimum absolute atomic E-state index is 1.10. The standard InChI is InChI=1S/C16H31N2/c1-4-7-9-10-11-13-18-15-14-17(6-3)16(18)12-8-5-2/h14-15H,4-13H2,1-3H3/q+1. The maximum Gasteiger partial charge on any atom is 0.256 e. The van der Waals surface area contributed by atoms with Crippen LogP contribution >= 0.6 is 0 Å². The van der Waals surface area contributed by atoms with Crippen molar-refractivity contribution in [3.63, 3.8) is 0 Å². The van der Waals surface area contributed by atoms with Gasteiger partial charge in [-0.05, 0) is 26.2 Å². The quantitative estimate of drug-likeness (QED) is 0.437. The maximum atomic E-state index is 2.48. The molecule has 0 unspecified atom stereocenters. The Morgan fingerprint density at radius 3 is 2.33 bits per heavy atom. The summed E-state index contributed by atoms with van der Waals surface area (Å²) in [6.45, 7) is 9.09. The molecule has 0 fully saturated rings. The molecule has 0 aliphatic heterocycles. The molecular formula is C16H31N2+. The van der Waals surface area contributed by atoms with Crippen LogP contribution in [0.25, 0.3) is 0 Å². The van der Waals surface area contributed by atoms with Gasteiger partial charge in [0.1, 0.15) is 12.4 Å².